The molecule has 7 heteroatoms. The van der Waals surface area contributed by atoms with Gasteiger partial charge in [-0.3, -0.25) is 14.9 Å². The van der Waals surface area contributed by atoms with Crippen LogP contribution in [0.1, 0.15) is 5.56 Å². The molecule has 2 rings (SSSR count). The van der Waals surface area contributed by atoms with Gasteiger partial charge in [0.2, 0.25) is 0 Å². The minimum atomic E-state index is -0.751. The number of carbonyl (C=O) groups excluding carboxylic acids is 2. The quantitative estimate of drug-likeness (QED) is 0.841. The maximum Gasteiger partial charge on any atom is 0.315 e. The first-order valence-corrected chi connectivity index (χ1v) is 6.76. The van der Waals surface area contributed by atoms with Crippen LogP contribution in [-0.4, -0.2) is 23.3 Å². The van der Waals surface area contributed by atoms with Gasteiger partial charge in [0.05, 0.1) is 0 Å². The zero-order valence-electron chi connectivity index (χ0n) is 10.4. The van der Waals surface area contributed by atoms with Crippen molar-refractivity contribution in [2.75, 3.05) is 11.9 Å². The molecule has 2 N–H and O–H groups in total. The van der Waals surface area contributed by atoms with Crippen LogP contribution in [0.25, 0.3) is 0 Å². The van der Waals surface area contributed by atoms with Crippen molar-refractivity contribution < 1.29 is 14.0 Å². The highest BCUT2D eigenvalue weighted by molar-refractivity contribution is 7.13. The molecule has 20 heavy (non-hydrogen) atoms. The van der Waals surface area contributed by atoms with Crippen LogP contribution >= 0.6 is 11.3 Å². The number of nitrogens with zero attached hydrogens (tertiary/aromatic N) is 1. The predicted octanol–water partition coefficient (Wildman–Crippen LogP) is 1.58. The third-order valence-corrected chi connectivity index (χ3v) is 3.16. The lowest BCUT2D eigenvalue weighted by atomic mass is 10.1. The lowest BCUT2D eigenvalue weighted by molar-refractivity contribution is -0.136. The van der Waals surface area contributed by atoms with Crippen molar-refractivity contribution in [2.45, 2.75) is 6.42 Å². The van der Waals surface area contributed by atoms with E-state index in [-0.39, 0.29) is 5.82 Å². The molecule has 0 radical (unpaired) electrons. The maximum atomic E-state index is 12.7. The molecule has 2 aromatic rings. The molecule has 1 aromatic heterocycles. The summed E-state index contributed by atoms with van der Waals surface area (Å²) in [6.45, 7) is 0.301. The van der Waals surface area contributed by atoms with Crippen molar-refractivity contribution in [1.82, 2.24) is 10.3 Å². The Labute approximate surface area is 118 Å². The number of benzene rings is 1. The largest absolute Gasteiger partial charge is 0.347 e. The number of halogens is 1. The number of amides is 2. The Morgan fingerprint density at radius 3 is 2.60 bits per heavy atom. The molecule has 104 valence electrons. The summed E-state index contributed by atoms with van der Waals surface area (Å²) in [7, 11) is 0. The molecular weight excluding hydrogens is 281 g/mol. The Hall–Kier alpha value is -2.28. The number of hydrogen-bond acceptors (Lipinski definition) is 4. The number of thiazole rings is 1. The molecular formula is C13H12FN3O2S. The highest BCUT2D eigenvalue weighted by Gasteiger charge is 2.13. The van der Waals surface area contributed by atoms with E-state index < -0.39 is 11.8 Å². The summed E-state index contributed by atoms with van der Waals surface area (Å²) in [6.07, 6.45) is 2.06. The highest BCUT2D eigenvalue weighted by atomic mass is 32.1. The lowest BCUT2D eigenvalue weighted by Gasteiger charge is -2.05. The van der Waals surface area contributed by atoms with Gasteiger partial charge in [-0.2, -0.15) is 0 Å². The molecule has 0 aliphatic rings. The van der Waals surface area contributed by atoms with Gasteiger partial charge in [-0.1, -0.05) is 12.1 Å². The lowest BCUT2D eigenvalue weighted by Crippen LogP contribution is -2.36. The number of hydrogen-bond donors (Lipinski definition) is 2. The van der Waals surface area contributed by atoms with Gasteiger partial charge in [-0.25, -0.2) is 9.37 Å². The van der Waals surface area contributed by atoms with E-state index in [1.165, 1.54) is 29.7 Å². The van der Waals surface area contributed by atoms with Crippen molar-refractivity contribution in [3.05, 3.63) is 47.2 Å². The van der Waals surface area contributed by atoms with Crippen LogP contribution in [0, 0.1) is 5.82 Å². The van der Waals surface area contributed by atoms with E-state index in [0.717, 1.165) is 5.56 Å². The zero-order valence-corrected chi connectivity index (χ0v) is 11.2. The first-order chi connectivity index (χ1) is 9.65. The summed E-state index contributed by atoms with van der Waals surface area (Å²) >= 11 is 1.23. The average molecular weight is 293 g/mol. The Balaban J connectivity index is 1.74. The number of nitrogens with one attached hydrogen (secondary N) is 2. The molecule has 0 saturated carbocycles. The van der Waals surface area contributed by atoms with Crippen LogP contribution in [0.3, 0.4) is 0 Å². The smallest absolute Gasteiger partial charge is 0.315 e. The fraction of sp³-hybridized carbons (Fsp3) is 0.154. The minimum Gasteiger partial charge on any atom is -0.347 e. The molecule has 1 heterocycles. The van der Waals surface area contributed by atoms with E-state index in [4.69, 9.17) is 0 Å². The maximum absolute atomic E-state index is 12.7. The summed E-state index contributed by atoms with van der Waals surface area (Å²) in [6, 6.07) is 5.98. The van der Waals surface area contributed by atoms with Crippen LogP contribution in [-0.2, 0) is 16.0 Å². The summed E-state index contributed by atoms with van der Waals surface area (Å²) in [5, 5.41) is 6.95. The van der Waals surface area contributed by atoms with Crippen LogP contribution in [0.2, 0.25) is 0 Å². The molecule has 0 unspecified atom stereocenters. The van der Waals surface area contributed by atoms with Crippen molar-refractivity contribution in [3.8, 4) is 0 Å². The van der Waals surface area contributed by atoms with Crippen molar-refractivity contribution in [1.29, 1.82) is 0 Å². The summed E-state index contributed by atoms with van der Waals surface area (Å²) in [4.78, 5) is 26.8. The standard InChI is InChI=1S/C13H12FN3O2S/c14-10-3-1-9(2-4-10)5-6-15-11(18)12(19)17-13-16-7-8-20-13/h1-4,7-8H,5-6H2,(H,15,18)(H,16,17,19). The first-order valence-electron chi connectivity index (χ1n) is 5.88. The van der Waals surface area contributed by atoms with Gasteiger partial charge < -0.3 is 5.32 Å². The Morgan fingerprint density at radius 1 is 1.20 bits per heavy atom. The number of anilines is 1. The molecule has 0 aliphatic heterocycles. The van der Waals surface area contributed by atoms with E-state index in [0.29, 0.717) is 18.1 Å². The summed E-state index contributed by atoms with van der Waals surface area (Å²) < 4.78 is 12.7. The summed E-state index contributed by atoms with van der Waals surface area (Å²) in [5.41, 5.74) is 0.882. The fourth-order valence-electron chi connectivity index (χ4n) is 1.49. The molecule has 0 bridgehead atoms. The Bertz CT molecular complexity index is 584. The second kappa shape index (κ2) is 6.76. The van der Waals surface area contributed by atoms with E-state index in [9.17, 15) is 14.0 Å². The van der Waals surface area contributed by atoms with Crippen LogP contribution in [0.4, 0.5) is 9.52 Å². The third-order valence-electron chi connectivity index (χ3n) is 2.47. The average Bonchev–Trinajstić information content (AvgIpc) is 2.93. The zero-order chi connectivity index (χ0) is 14.4. The van der Waals surface area contributed by atoms with Gasteiger partial charge in [0.15, 0.2) is 5.13 Å². The molecule has 2 amide bonds. The highest BCUT2D eigenvalue weighted by Crippen LogP contribution is 2.09. The van der Waals surface area contributed by atoms with E-state index in [1.807, 2.05) is 0 Å². The predicted molar refractivity (Wildman–Crippen MR) is 73.9 cm³/mol. The third kappa shape index (κ3) is 4.13. The molecule has 0 fully saturated rings. The van der Waals surface area contributed by atoms with Gasteiger partial charge in [-0.05, 0) is 24.1 Å². The first kappa shape index (κ1) is 14.1. The normalized spacial score (nSPS) is 10.1. The number of aromatic nitrogens is 1. The SMILES string of the molecule is O=C(NCCc1ccc(F)cc1)C(=O)Nc1nccs1. The fourth-order valence-corrected chi connectivity index (χ4v) is 2.01. The van der Waals surface area contributed by atoms with E-state index >= 15 is 0 Å². The second-order valence-electron chi connectivity index (χ2n) is 3.92. The van der Waals surface area contributed by atoms with Crippen molar-refractivity contribution in [3.63, 3.8) is 0 Å². The second-order valence-corrected chi connectivity index (χ2v) is 4.82. The van der Waals surface area contributed by atoms with Gasteiger partial charge >= 0.3 is 11.8 Å². The topological polar surface area (TPSA) is 71.1 Å². The van der Waals surface area contributed by atoms with Crippen molar-refractivity contribution >= 4 is 28.3 Å². The Kier molecular flexibility index (Phi) is 4.78. The van der Waals surface area contributed by atoms with Crippen molar-refractivity contribution in [2.24, 2.45) is 0 Å². The van der Waals surface area contributed by atoms with Gasteiger partial charge in [0.1, 0.15) is 5.82 Å². The number of carbonyl (C=O) groups is 2. The van der Waals surface area contributed by atoms with Gasteiger partial charge in [0.25, 0.3) is 0 Å². The molecule has 0 aliphatic carbocycles. The van der Waals surface area contributed by atoms with Crippen LogP contribution < -0.4 is 10.6 Å². The van der Waals surface area contributed by atoms with Crippen LogP contribution in [0.5, 0.6) is 0 Å². The summed E-state index contributed by atoms with van der Waals surface area (Å²) in [5.74, 6) is -1.78. The Morgan fingerprint density at radius 2 is 1.95 bits per heavy atom. The molecule has 1 aromatic carbocycles. The van der Waals surface area contributed by atoms with E-state index in [2.05, 4.69) is 15.6 Å². The number of rotatable bonds is 4. The molecule has 0 spiro atoms. The minimum absolute atomic E-state index is 0.301. The molecule has 5 nitrogen and oxygen atoms in total. The molecule has 0 atom stereocenters. The monoisotopic (exact) mass is 293 g/mol. The van der Waals surface area contributed by atoms with Crippen LogP contribution in [0.15, 0.2) is 35.8 Å². The van der Waals surface area contributed by atoms with Gasteiger partial charge in [-0.15, -0.1) is 11.3 Å². The van der Waals surface area contributed by atoms with Gasteiger partial charge in [0, 0.05) is 18.1 Å². The van der Waals surface area contributed by atoms with E-state index in [1.54, 1.807) is 17.5 Å². The molecule has 0 saturated heterocycles.